The molecular formula is C18H21ClFN3O3S2. The fraction of sp³-hybridized carbons (Fsp3) is 0.389. The van der Waals surface area contributed by atoms with Crippen molar-refractivity contribution in [3.05, 3.63) is 52.1 Å². The zero-order valence-corrected chi connectivity index (χ0v) is 17.7. The highest BCUT2D eigenvalue weighted by Crippen LogP contribution is 2.28. The molecule has 3 rings (SSSR count). The Morgan fingerprint density at radius 2 is 1.82 bits per heavy atom. The van der Waals surface area contributed by atoms with Crippen molar-refractivity contribution in [2.24, 2.45) is 0 Å². The van der Waals surface area contributed by atoms with Crippen LogP contribution in [0.3, 0.4) is 0 Å². The summed E-state index contributed by atoms with van der Waals surface area (Å²) in [5.41, 5.74) is 0.820. The largest absolute Gasteiger partial charge is 0.348 e. The number of hydrogen-bond donors (Lipinski definition) is 1. The first-order valence-corrected chi connectivity index (χ1v) is 11.4. The lowest BCUT2D eigenvalue weighted by molar-refractivity contribution is -0.123. The first-order valence-electron chi connectivity index (χ1n) is 8.78. The van der Waals surface area contributed by atoms with E-state index in [-0.39, 0.29) is 28.5 Å². The van der Waals surface area contributed by atoms with Crippen molar-refractivity contribution in [2.75, 3.05) is 32.7 Å². The van der Waals surface area contributed by atoms with Crippen LogP contribution in [0.4, 0.5) is 4.39 Å². The molecule has 0 saturated carbocycles. The Bertz CT molecular complexity index is 926. The van der Waals surface area contributed by atoms with Gasteiger partial charge in [0, 0.05) is 26.2 Å². The van der Waals surface area contributed by atoms with Gasteiger partial charge in [-0.1, -0.05) is 23.7 Å². The number of nitrogens with zero attached hydrogens (tertiary/aromatic N) is 2. The van der Waals surface area contributed by atoms with Gasteiger partial charge < -0.3 is 5.32 Å². The lowest BCUT2D eigenvalue weighted by Crippen LogP contribution is -2.51. The topological polar surface area (TPSA) is 69.7 Å². The summed E-state index contributed by atoms with van der Waals surface area (Å²) in [5.74, 6) is -0.474. The molecule has 1 aliphatic heterocycles. The summed E-state index contributed by atoms with van der Waals surface area (Å²) in [7, 11) is -3.54. The monoisotopic (exact) mass is 445 g/mol. The third-order valence-electron chi connectivity index (χ3n) is 4.59. The number of carbonyl (C=O) groups is 1. The molecule has 1 saturated heterocycles. The van der Waals surface area contributed by atoms with Crippen LogP contribution in [0.15, 0.2) is 40.6 Å². The number of carbonyl (C=O) groups excluding carboxylic acids is 1. The minimum Gasteiger partial charge on any atom is -0.348 e. The lowest BCUT2D eigenvalue weighted by Gasteiger charge is -2.33. The minimum absolute atomic E-state index is 0.154. The standard InChI is InChI=1S/C18H21ClFN3O3S2/c1-13(14-2-4-15(20)5-3-14)21-17(24)12-22-8-10-23(11-9-22)28(25,26)18-7-6-16(19)27-18/h2-7,13H,8-12H2,1H3,(H,21,24). The van der Waals surface area contributed by atoms with Gasteiger partial charge in [0.05, 0.1) is 16.9 Å². The summed E-state index contributed by atoms with van der Waals surface area (Å²) in [5, 5.41) is 2.89. The van der Waals surface area contributed by atoms with Gasteiger partial charge in [-0.15, -0.1) is 11.3 Å². The highest BCUT2D eigenvalue weighted by molar-refractivity contribution is 7.91. The van der Waals surface area contributed by atoms with Crippen LogP contribution in [0.2, 0.25) is 4.34 Å². The summed E-state index contributed by atoms with van der Waals surface area (Å²) in [4.78, 5) is 14.2. The van der Waals surface area contributed by atoms with Gasteiger partial charge in [0.2, 0.25) is 5.91 Å². The first-order chi connectivity index (χ1) is 13.3. The predicted molar refractivity (Wildman–Crippen MR) is 107 cm³/mol. The Balaban J connectivity index is 1.50. The number of nitrogens with one attached hydrogen (secondary N) is 1. The number of hydrogen-bond acceptors (Lipinski definition) is 5. The van der Waals surface area contributed by atoms with Crippen LogP contribution in [-0.4, -0.2) is 56.3 Å². The molecule has 1 aliphatic rings. The molecule has 1 N–H and O–H groups in total. The summed E-state index contributed by atoms with van der Waals surface area (Å²) in [6.45, 7) is 3.59. The summed E-state index contributed by atoms with van der Waals surface area (Å²) >= 11 is 6.88. The molecule has 28 heavy (non-hydrogen) atoms. The van der Waals surface area contributed by atoms with E-state index in [2.05, 4.69) is 5.32 Å². The fourth-order valence-corrected chi connectivity index (χ4v) is 6.08. The number of halogens is 2. The molecule has 1 aromatic carbocycles. The van der Waals surface area contributed by atoms with E-state index in [1.54, 1.807) is 18.2 Å². The molecule has 0 aliphatic carbocycles. The molecule has 0 radical (unpaired) electrons. The Hall–Kier alpha value is -1.52. The van der Waals surface area contributed by atoms with E-state index in [1.165, 1.54) is 22.5 Å². The van der Waals surface area contributed by atoms with Crippen molar-refractivity contribution in [2.45, 2.75) is 17.2 Å². The second kappa shape index (κ2) is 8.87. The van der Waals surface area contributed by atoms with E-state index in [4.69, 9.17) is 11.6 Å². The van der Waals surface area contributed by atoms with Gasteiger partial charge in [0.15, 0.2) is 0 Å². The zero-order valence-electron chi connectivity index (χ0n) is 15.3. The van der Waals surface area contributed by atoms with E-state index in [0.29, 0.717) is 30.5 Å². The molecule has 152 valence electrons. The highest BCUT2D eigenvalue weighted by atomic mass is 35.5. The Kier molecular flexibility index (Phi) is 6.72. The first kappa shape index (κ1) is 21.2. The fourth-order valence-electron chi connectivity index (χ4n) is 3.02. The molecule has 0 spiro atoms. The van der Waals surface area contributed by atoms with Crippen LogP contribution >= 0.6 is 22.9 Å². The maximum absolute atomic E-state index is 13.0. The number of thiophene rings is 1. The van der Waals surface area contributed by atoms with Crippen molar-refractivity contribution < 1.29 is 17.6 Å². The van der Waals surface area contributed by atoms with Gasteiger partial charge in [-0.05, 0) is 36.8 Å². The SMILES string of the molecule is CC(NC(=O)CN1CCN(S(=O)(=O)c2ccc(Cl)s2)CC1)c1ccc(F)cc1. The number of amides is 1. The van der Waals surface area contributed by atoms with Gasteiger partial charge in [-0.25, -0.2) is 12.8 Å². The lowest BCUT2D eigenvalue weighted by atomic mass is 10.1. The smallest absolute Gasteiger partial charge is 0.252 e. The van der Waals surface area contributed by atoms with E-state index in [0.717, 1.165) is 16.9 Å². The Morgan fingerprint density at radius 3 is 2.39 bits per heavy atom. The van der Waals surface area contributed by atoms with Crippen molar-refractivity contribution in [1.29, 1.82) is 0 Å². The second-order valence-electron chi connectivity index (χ2n) is 6.58. The molecule has 1 atom stereocenters. The van der Waals surface area contributed by atoms with Gasteiger partial charge in [-0.3, -0.25) is 9.69 Å². The normalized spacial score (nSPS) is 17.4. The third-order valence-corrected chi connectivity index (χ3v) is 8.19. The quantitative estimate of drug-likeness (QED) is 0.742. The van der Waals surface area contributed by atoms with E-state index in [9.17, 15) is 17.6 Å². The molecule has 2 aromatic rings. The van der Waals surface area contributed by atoms with Crippen LogP contribution in [0, 0.1) is 5.82 Å². The van der Waals surface area contributed by atoms with Crippen LogP contribution in [0.5, 0.6) is 0 Å². The zero-order chi connectivity index (χ0) is 20.3. The van der Waals surface area contributed by atoms with Gasteiger partial charge >= 0.3 is 0 Å². The van der Waals surface area contributed by atoms with Crippen LogP contribution < -0.4 is 5.32 Å². The number of rotatable bonds is 6. The molecule has 1 unspecified atom stereocenters. The summed E-state index contributed by atoms with van der Waals surface area (Å²) < 4.78 is 40.3. The van der Waals surface area contributed by atoms with Crippen molar-refractivity contribution in [1.82, 2.24) is 14.5 Å². The van der Waals surface area contributed by atoms with E-state index in [1.807, 2.05) is 11.8 Å². The average molecular weight is 446 g/mol. The number of piperazine rings is 1. The number of sulfonamides is 1. The maximum atomic E-state index is 13.0. The highest BCUT2D eigenvalue weighted by Gasteiger charge is 2.30. The summed E-state index contributed by atoms with van der Waals surface area (Å²) in [6, 6.07) is 8.85. The molecular weight excluding hydrogens is 425 g/mol. The third kappa shape index (κ3) is 5.09. The maximum Gasteiger partial charge on any atom is 0.252 e. The van der Waals surface area contributed by atoms with Crippen LogP contribution in [0.25, 0.3) is 0 Å². The molecule has 2 heterocycles. The summed E-state index contributed by atoms with van der Waals surface area (Å²) in [6.07, 6.45) is 0. The molecule has 1 fully saturated rings. The van der Waals surface area contributed by atoms with Crippen molar-refractivity contribution >= 4 is 38.9 Å². The Morgan fingerprint density at radius 1 is 1.18 bits per heavy atom. The van der Waals surface area contributed by atoms with Crippen molar-refractivity contribution in [3.63, 3.8) is 0 Å². The average Bonchev–Trinajstić information content (AvgIpc) is 3.10. The molecule has 10 heteroatoms. The van der Waals surface area contributed by atoms with Crippen molar-refractivity contribution in [3.8, 4) is 0 Å². The van der Waals surface area contributed by atoms with E-state index < -0.39 is 10.0 Å². The van der Waals surface area contributed by atoms with Crippen LogP contribution in [0.1, 0.15) is 18.5 Å². The van der Waals surface area contributed by atoms with Crippen LogP contribution in [-0.2, 0) is 14.8 Å². The second-order valence-corrected chi connectivity index (χ2v) is 10.5. The molecule has 6 nitrogen and oxygen atoms in total. The van der Waals surface area contributed by atoms with Gasteiger partial charge in [-0.2, -0.15) is 4.31 Å². The van der Waals surface area contributed by atoms with E-state index >= 15 is 0 Å². The predicted octanol–water partition coefficient (Wildman–Crippen LogP) is 2.72. The Labute approximate surface area is 173 Å². The molecule has 0 bridgehead atoms. The number of benzene rings is 1. The molecule has 1 aromatic heterocycles. The molecule has 1 amide bonds. The van der Waals surface area contributed by atoms with Gasteiger partial charge in [0.25, 0.3) is 10.0 Å². The van der Waals surface area contributed by atoms with Gasteiger partial charge in [0.1, 0.15) is 10.0 Å². The minimum atomic E-state index is -3.54.